The van der Waals surface area contributed by atoms with Crippen molar-refractivity contribution in [3.05, 3.63) is 52.9 Å². The van der Waals surface area contributed by atoms with Crippen molar-refractivity contribution < 1.29 is 18.7 Å². The Labute approximate surface area is 149 Å². The molecule has 1 aliphatic rings. The number of amides is 1. The average Bonchev–Trinajstić information content (AvgIpc) is 3.14. The lowest BCUT2D eigenvalue weighted by Crippen LogP contribution is -2.25. The van der Waals surface area contributed by atoms with Gasteiger partial charge in [-0.15, -0.1) is 0 Å². The van der Waals surface area contributed by atoms with E-state index in [9.17, 15) is 9.59 Å². The van der Waals surface area contributed by atoms with E-state index in [0.717, 1.165) is 5.56 Å². The lowest BCUT2D eigenvalue weighted by Gasteiger charge is -2.15. The smallest absolute Gasteiger partial charge is 0.333 e. The first-order valence-corrected chi connectivity index (χ1v) is 8.90. The minimum atomic E-state index is -0.452. The van der Waals surface area contributed by atoms with E-state index in [1.807, 2.05) is 37.3 Å². The minimum Gasteiger partial charge on any atom is -0.463 e. The molecule has 1 saturated heterocycles. The van der Waals surface area contributed by atoms with Crippen LogP contribution >= 0.6 is 11.8 Å². The van der Waals surface area contributed by atoms with Crippen molar-refractivity contribution in [2.45, 2.75) is 20.4 Å². The molecule has 2 heterocycles. The molecule has 2 aromatic rings. The fourth-order valence-electron chi connectivity index (χ4n) is 2.41. The molecule has 1 aromatic heterocycles. The van der Waals surface area contributed by atoms with E-state index in [0.29, 0.717) is 34.7 Å². The number of oxazole rings is 1. The van der Waals surface area contributed by atoms with Gasteiger partial charge in [0.05, 0.1) is 30.0 Å². The zero-order chi connectivity index (χ0) is 17.8. The van der Waals surface area contributed by atoms with Crippen molar-refractivity contribution in [1.29, 1.82) is 0 Å². The number of aryl methyl sites for hydroxylation is 1. The van der Waals surface area contributed by atoms with E-state index in [-0.39, 0.29) is 12.5 Å². The molecule has 1 aromatic carbocycles. The molecule has 1 fully saturated rings. The van der Waals surface area contributed by atoms with Crippen LogP contribution in [0.25, 0.3) is 11.5 Å². The van der Waals surface area contributed by atoms with Crippen LogP contribution in [0.15, 0.2) is 45.9 Å². The van der Waals surface area contributed by atoms with E-state index in [1.165, 1.54) is 17.8 Å². The first-order valence-electron chi connectivity index (χ1n) is 7.91. The number of hydrogen-bond acceptors (Lipinski definition) is 6. The Morgan fingerprint density at radius 2 is 2.16 bits per heavy atom. The first kappa shape index (κ1) is 17.3. The third-order valence-corrected chi connectivity index (χ3v) is 4.69. The fourth-order valence-corrected chi connectivity index (χ4v) is 3.34. The van der Waals surface area contributed by atoms with E-state index in [4.69, 9.17) is 9.15 Å². The Hall–Kier alpha value is -2.54. The molecule has 1 amide bonds. The molecular formula is C18H18N2O4S. The molecule has 0 unspecified atom stereocenters. The fraction of sp³-hybridized carbons (Fsp3) is 0.278. The number of thioether (sulfide) groups is 1. The number of carbonyl (C=O) groups is 2. The average molecular weight is 358 g/mol. The Morgan fingerprint density at radius 1 is 1.40 bits per heavy atom. The van der Waals surface area contributed by atoms with Crippen LogP contribution in [0.5, 0.6) is 0 Å². The van der Waals surface area contributed by atoms with Gasteiger partial charge in [-0.25, -0.2) is 9.78 Å². The SMILES string of the molecule is CCOC(=O)/C=C1\SCC(=O)N1Cc1nc(-c2ccccc2)oc1C. The van der Waals surface area contributed by atoms with Crippen LogP contribution in [-0.4, -0.2) is 34.1 Å². The number of benzene rings is 1. The Balaban J connectivity index is 1.82. The summed E-state index contributed by atoms with van der Waals surface area (Å²) in [6.45, 7) is 4.12. The van der Waals surface area contributed by atoms with Gasteiger partial charge in [0.2, 0.25) is 11.8 Å². The lowest BCUT2D eigenvalue weighted by atomic mass is 10.2. The van der Waals surface area contributed by atoms with E-state index < -0.39 is 5.97 Å². The van der Waals surface area contributed by atoms with E-state index in [1.54, 1.807) is 11.8 Å². The number of aromatic nitrogens is 1. The molecular weight excluding hydrogens is 340 g/mol. The Bertz CT molecular complexity index is 814. The van der Waals surface area contributed by atoms with Crippen LogP contribution in [-0.2, 0) is 20.9 Å². The van der Waals surface area contributed by atoms with Gasteiger partial charge in [-0.2, -0.15) is 0 Å². The molecule has 25 heavy (non-hydrogen) atoms. The largest absolute Gasteiger partial charge is 0.463 e. The quantitative estimate of drug-likeness (QED) is 0.604. The predicted octanol–water partition coefficient (Wildman–Crippen LogP) is 3.13. The van der Waals surface area contributed by atoms with Gasteiger partial charge in [0.15, 0.2) is 0 Å². The maximum Gasteiger partial charge on any atom is 0.333 e. The molecule has 0 bridgehead atoms. The normalized spacial score (nSPS) is 15.8. The van der Waals surface area contributed by atoms with E-state index in [2.05, 4.69) is 4.98 Å². The summed E-state index contributed by atoms with van der Waals surface area (Å²) < 4.78 is 10.7. The van der Waals surface area contributed by atoms with Gasteiger partial charge in [0.25, 0.3) is 0 Å². The van der Waals surface area contributed by atoms with Gasteiger partial charge in [-0.05, 0) is 26.0 Å². The molecule has 6 nitrogen and oxygen atoms in total. The Kier molecular flexibility index (Phi) is 5.23. The summed E-state index contributed by atoms with van der Waals surface area (Å²) in [7, 11) is 0. The molecule has 7 heteroatoms. The maximum absolute atomic E-state index is 12.2. The predicted molar refractivity (Wildman–Crippen MR) is 94.4 cm³/mol. The van der Waals surface area contributed by atoms with Crippen LogP contribution in [0.4, 0.5) is 0 Å². The monoisotopic (exact) mass is 358 g/mol. The highest BCUT2D eigenvalue weighted by molar-refractivity contribution is 8.04. The second-order valence-electron chi connectivity index (χ2n) is 5.39. The summed E-state index contributed by atoms with van der Waals surface area (Å²) in [5.74, 6) is 0.950. The molecule has 0 radical (unpaired) electrons. The van der Waals surface area contributed by atoms with E-state index >= 15 is 0 Å². The Morgan fingerprint density at radius 3 is 2.88 bits per heavy atom. The van der Waals surface area contributed by atoms with Crippen LogP contribution < -0.4 is 0 Å². The van der Waals surface area contributed by atoms with Crippen molar-refractivity contribution in [2.75, 3.05) is 12.4 Å². The van der Waals surface area contributed by atoms with Gasteiger partial charge in [-0.3, -0.25) is 9.69 Å². The number of nitrogens with zero attached hydrogens (tertiary/aromatic N) is 2. The zero-order valence-corrected chi connectivity index (χ0v) is 14.8. The van der Waals surface area contributed by atoms with Crippen molar-refractivity contribution in [2.24, 2.45) is 0 Å². The van der Waals surface area contributed by atoms with Crippen molar-refractivity contribution >= 4 is 23.6 Å². The number of esters is 1. The van der Waals surface area contributed by atoms with Crippen LogP contribution in [0.1, 0.15) is 18.4 Å². The number of hydrogen-bond donors (Lipinski definition) is 0. The maximum atomic E-state index is 12.2. The van der Waals surface area contributed by atoms with Crippen molar-refractivity contribution in [3.63, 3.8) is 0 Å². The van der Waals surface area contributed by atoms with Crippen LogP contribution in [0.2, 0.25) is 0 Å². The highest BCUT2D eigenvalue weighted by Crippen LogP contribution is 2.31. The van der Waals surface area contributed by atoms with Gasteiger partial charge >= 0.3 is 5.97 Å². The standard InChI is InChI=1S/C18H18N2O4S/c1-3-23-17(22)9-16-20(15(21)11-25-16)10-14-12(2)24-18(19-14)13-7-5-4-6-8-13/h4-9H,3,10-11H2,1-2H3/b16-9-. The first-order chi connectivity index (χ1) is 12.1. The highest BCUT2D eigenvalue weighted by Gasteiger charge is 2.29. The van der Waals surface area contributed by atoms with Crippen LogP contribution in [0.3, 0.4) is 0 Å². The third-order valence-electron chi connectivity index (χ3n) is 3.66. The van der Waals surface area contributed by atoms with Crippen LogP contribution in [0, 0.1) is 6.92 Å². The summed E-state index contributed by atoms with van der Waals surface area (Å²) in [4.78, 5) is 29.9. The number of carbonyl (C=O) groups excluding carboxylic acids is 2. The molecule has 130 valence electrons. The van der Waals surface area contributed by atoms with Crippen molar-refractivity contribution in [1.82, 2.24) is 9.88 Å². The molecule has 3 rings (SSSR count). The highest BCUT2D eigenvalue weighted by atomic mass is 32.2. The topological polar surface area (TPSA) is 72.6 Å². The molecule has 0 N–H and O–H groups in total. The zero-order valence-electron chi connectivity index (χ0n) is 14.0. The molecule has 0 atom stereocenters. The number of rotatable bonds is 5. The van der Waals surface area contributed by atoms with Gasteiger partial charge in [0.1, 0.15) is 11.5 Å². The summed E-state index contributed by atoms with van der Waals surface area (Å²) in [6.07, 6.45) is 1.35. The summed E-state index contributed by atoms with van der Waals surface area (Å²) in [6, 6.07) is 9.58. The molecule has 0 aliphatic carbocycles. The lowest BCUT2D eigenvalue weighted by molar-refractivity contribution is -0.137. The molecule has 0 spiro atoms. The molecule has 0 saturated carbocycles. The number of ether oxygens (including phenoxy) is 1. The summed E-state index contributed by atoms with van der Waals surface area (Å²) in [5.41, 5.74) is 1.55. The summed E-state index contributed by atoms with van der Waals surface area (Å²) >= 11 is 1.32. The molecule has 1 aliphatic heterocycles. The van der Waals surface area contributed by atoms with Crippen molar-refractivity contribution in [3.8, 4) is 11.5 Å². The van der Waals surface area contributed by atoms with Gasteiger partial charge in [0, 0.05) is 5.56 Å². The second-order valence-corrected chi connectivity index (χ2v) is 6.39. The van der Waals surface area contributed by atoms with Gasteiger partial charge < -0.3 is 9.15 Å². The van der Waals surface area contributed by atoms with Gasteiger partial charge in [-0.1, -0.05) is 30.0 Å². The third kappa shape index (κ3) is 3.93. The second kappa shape index (κ2) is 7.57. The minimum absolute atomic E-state index is 0.0655. The summed E-state index contributed by atoms with van der Waals surface area (Å²) in [5, 5.41) is 0.576.